The van der Waals surface area contributed by atoms with Gasteiger partial charge in [-0.2, -0.15) is 5.10 Å². The number of carbonyl (C=O) groups is 1. The highest BCUT2D eigenvalue weighted by atomic mass is 16.5. The molecular weight excluding hydrogens is 342 g/mol. The number of rotatable bonds is 2. The smallest absolute Gasteiger partial charge is 0.341 e. The largest absolute Gasteiger partial charge is 0.508 e. The molecule has 6 heteroatoms. The number of nitrogens with zero attached hydrogens (tertiary/aromatic N) is 3. The molecule has 2 aromatic carbocycles. The lowest BCUT2D eigenvalue weighted by Gasteiger charge is -2.09. The van der Waals surface area contributed by atoms with Crippen LogP contribution in [0, 0.1) is 6.92 Å². The first-order chi connectivity index (χ1) is 13.1. The molecule has 1 aliphatic rings. The van der Waals surface area contributed by atoms with E-state index >= 15 is 0 Å². The number of cyclic esters (lactones) is 1. The molecular formula is C21H15N3O3. The molecule has 4 aromatic rings. The second kappa shape index (κ2) is 5.67. The number of fused-ring (bicyclic) bond motifs is 2. The number of pyridine rings is 1. The van der Waals surface area contributed by atoms with Gasteiger partial charge in [-0.1, -0.05) is 30.3 Å². The number of aryl methyl sites for hydroxylation is 1. The van der Waals surface area contributed by atoms with Gasteiger partial charge < -0.3 is 9.84 Å². The third kappa shape index (κ3) is 2.30. The fourth-order valence-corrected chi connectivity index (χ4v) is 3.56. The molecule has 3 heterocycles. The summed E-state index contributed by atoms with van der Waals surface area (Å²) in [6.45, 7) is 2.05. The zero-order chi connectivity index (χ0) is 18.5. The summed E-state index contributed by atoms with van der Waals surface area (Å²) in [5.41, 5.74) is 4.98. The average Bonchev–Trinajstić information content (AvgIpc) is 3.22. The minimum absolute atomic E-state index is 0.147. The van der Waals surface area contributed by atoms with Crippen molar-refractivity contribution < 1.29 is 14.6 Å². The van der Waals surface area contributed by atoms with Crippen LogP contribution in [-0.2, 0) is 11.3 Å². The molecule has 0 amide bonds. The van der Waals surface area contributed by atoms with E-state index in [0.29, 0.717) is 16.9 Å². The van der Waals surface area contributed by atoms with E-state index in [2.05, 4.69) is 5.10 Å². The standard InChI is InChI=1S/C21H15N3O3/c1-12-17-18(13-7-9-15(25)10-8-13)19-16(11-27-21(19)26)22-20(17)24(23-12)14-5-3-2-4-6-14/h2-10,25H,11H2,1H3. The van der Waals surface area contributed by atoms with Gasteiger partial charge in [-0.15, -0.1) is 0 Å². The van der Waals surface area contributed by atoms with Crippen LogP contribution < -0.4 is 0 Å². The molecule has 27 heavy (non-hydrogen) atoms. The molecule has 1 aliphatic heterocycles. The van der Waals surface area contributed by atoms with Crippen LogP contribution in [0.15, 0.2) is 54.6 Å². The van der Waals surface area contributed by atoms with Crippen LogP contribution in [0.1, 0.15) is 21.7 Å². The van der Waals surface area contributed by atoms with Gasteiger partial charge in [0.15, 0.2) is 5.65 Å². The molecule has 0 spiro atoms. The Morgan fingerprint density at radius 3 is 2.52 bits per heavy atom. The van der Waals surface area contributed by atoms with Crippen LogP contribution >= 0.6 is 0 Å². The van der Waals surface area contributed by atoms with Gasteiger partial charge in [-0.05, 0) is 36.8 Å². The Balaban J connectivity index is 1.90. The maximum absolute atomic E-state index is 12.4. The van der Waals surface area contributed by atoms with Crippen molar-refractivity contribution in [2.24, 2.45) is 0 Å². The normalized spacial score (nSPS) is 13.0. The molecule has 5 rings (SSSR count). The molecule has 2 aromatic heterocycles. The highest BCUT2D eigenvalue weighted by molar-refractivity contribution is 6.09. The van der Waals surface area contributed by atoms with Crippen molar-refractivity contribution in [2.75, 3.05) is 0 Å². The molecule has 1 N–H and O–H groups in total. The number of phenolic OH excluding ortho intramolecular Hbond substituents is 1. The van der Waals surface area contributed by atoms with Crippen molar-refractivity contribution in [1.29, 1.82) is 0 Å². The zero-order valence-corrected chi connectivity index (χ0v) is 14.5. The fraction of sp³-hybridized carbons (Fsp3) is 0.0952. The Morgan fingerprint density at radius 1 is 1.04 bits per heavy atom. The van der Waals surface area contributed by atoms with E-state index in [0.717, 1.165) is 27.9 Å². The van der Waals surface area contributed by atoms with Crippen LogP contribution in [0.2, 0.25) is 0 Å². The summed E-state index contributed by atoms with van der Waals surface area (Å²) in [5, 5.41) is 15.1. The summed E-state index contributed by atoms with van der Waals surface area (Å²) in [6, 6.07) is 16.5. The number of aromatic nitrogens is 3. The lowest BCUT2D eigenvalue weighted by Crippen LogP contribution is -2.02. The van der Waals surface area contributed by atoms with Crippen LogP contribution in [-0.4, -0.2) is 25.8 Å². The highest BCUT2D eigenvalue weighted by Crippen LogP contribution is 2.38. The van der Waals surface area contributed by atoms with E-state index in [9.17, 15) is 9.90 Å². The van der Waals surface area contributed by atoms with Gasteiger partial charge in [0.1, 0.15) is 12.4 Å². The lowest BCUT2D eigenvalue weighted by molar-refractivity contribution is 0.0534. The van der Waals surface area contributed by atoms with Crippen LogP contribution in [0.25, 0.3) is 27.8 Å². The van der Waals surface area contributed by atoms with Crippen molar-refractivity contribution in [3.63, 3.8) is 0 Å². The third-order valence-corrected chi connectivity index (χ3v) is 4.77. The Kier molecular flexibility index (Phi) is 3.27. The van der Waals surface area contributed by atoms with Crippen molar-refractivity contribution in [3.8, 4) is 22.6 Å². The van der Waals surface area contributed by atoms with Gasteiger partial charge in [-0.25, -0.2) is 14.5 Å². The molecule has 132 valence electrons. The summed E-state index contributed by atoms with van der Waals surface area (Å²) < 4.78 is 7.04. The van der Waals surface area contributed by atoms with Gasteiger partial charge in [-0.3, -0.25) is 0 Å². The first kappa shape index (κ1) is 15.6. The number of esters is 1. The van der Waals surface area contributed by atoms with Gasteiger partial charge in [0.05, 0.1) is 28.0 Å². The number of carbonyl (C=O) groups excluding carboxylic acids is 1. The zero-order valence-electron chi connectivity index (χ0n) is 14.5. The van der Waals surface area contributed by atoms with Crippen LogP contribution in [0.5, 0.6) is 5.75 Å². The quantitative estimate of drug-likeness (QED) is 0.553. The predicted molar refractivity (Wildman–Crippen MR) is 99.8 cm³/mol. The second-order valence-electron chi connectivity index (χ2n) is 6.46. The second-order valence-corrected chi connectivity index (χ2v) is 6.46. The number of benzene rings is 2. The maximum Gasteiger partial charge on any atom is 0.341 e. The summed E-state index contributed by atoms with van der Waals surface area (Å²) in [4.78, 5) is 17.1. The minimum Gasteiger partial charge on any atom is -0.508 e. The van der Waals surface area contributed by atoms with Gasteiger partial charge in [0.25, 0.3) is 0 Å². The summed E-state index contributed by atoms with van der Waals surface area (Å²) in [5.74, 6) is -0.214. The number of aromatic hydroxyl groups is 1. The van der Waals surface area contributed by atoms with Crippen molar-refractivity contribution in [1.82, 2.24) is 14.8 Å². The molecule has 0 unspecified atom stereocenters. The minimum atomic E-state index is -0.380. The monoisotopic (exact) mass is 357 g/mol. The summed E-state index contributed by atoms with van der Waals surface area (Å²) >= 11 is 0. The Bertz CT molecular complexity index is 1200. The SMILES string of the molecule is Cc1nn(-c2ccccc2)c2nc3c(c(-c4ccc(O)cc4)c12)C(=O)OC3. The topological polar surface area (TPSA) is 77.2 Å². The number of phenols is 1. The number of hydrogen-bond acceptors (Lipinski definition) is 5. The van der Waals surface area contributed by atoms with Gasteiger partial charge >= 0.3 is 5.97 Å². The first-order valence-electron chi connectivity index (χ1n) is 8.57. The molecule has 0 saturated carbocycles. The van der Waals surface area contributed by atoms with E-state index in [1.54, 1.807) is 28.9 Å². The van der Waals surface area contributed by atoms with E-state index in [-0.39, 0.29) is 18.3 Å². The molecule has 0 atom stereocenters. The first-order valence-corrected chi connectivity index (χ1v) is 8.57. The molecule has 6 nitrogen and oxygen atoms in total. The maximum atomic E-state index is 12.4. The van der Waals surface area contributed by atoms with Crippen LogP contribution in [0.3, 0.4) is 0 Å². The Labute approximate surface area is 154 Å². The molecule has 0 bridgehead atoms. The van der Waals surface area contributed by atoms with Crippen molar-refractivity contribution >= 4 is 17.0 Å². The molecule has 0 radical (unpaired) electrons. The van der Waals surface area contributed by atoms with E-state index in [1.165, 1.54) is 0 Å². The van der Waals surface area contributed by atoms with Crippen molar-refractivity contribution in [2.45, 2.75) is 13.5 Å². The average molecular weight is 357 g/mol. The van der Waals surface area contributed by atoms with Gasteiger partial charge in [0.2, 0.25) is 0 Å². The van der Waals surface area contributed by atoms with Gasteiger partial charge in [0, 0.05) is 5.56 Å². The Hall–Kier alpha value is -3.67. The third-order valence-electron chi connectivity index (χ3n) is 4.77. The lowest BCUT2D eigenvalue weighted by atomic mass is 9.95. The molecule has 0 aliphatic carbocycles. The Morgan fingerprint density at radius 2 is 1.78 bits per heavy atom. The predicted octanol–water partition coefficient (Wildman–Crippen LogP) is 3.77. The molecule has 0 fully saturated rings. The van der Waals surface area contributed by atoms with Crippen molar-refractivity contribution in [3.05, 3.63) is 71.5 Å². The van der Waals surface area contributed by atoms with E-state index in [4.69, 9.17) is 9.72 Å². The molecule has 0 saturated heterocycles. The fourth-order valence-electron chi connectivity index (χ4n) is 3.56. The van der Waals surface area contributed by atoms with E-state index in [1.807, 2.05) is 37.3 Å². The number of hydrogen-bond donors (Lipinski definition) is 1. The summed E-state index contributed by atoms with van der Waals surface area (Å²) in [6.07, 6.45) is 0. The van der Waals surface area contributed by atoms with Crippen LogP contribution in [0.4, 0.5) is 0 Å². The highest BCUT2D eigenvalue weighted by Gasteiger charge is 2.31. The number of ether oxygens (including phenoxy) is 1. The van der Waals surface area contributed by atoms with E-state index < -0.39 is 0 Å². The summed E-state index contributed by atoms with van der Waals surface area (Å²) in [7, 11) is 0. The number of para-hydroxylation sites is 1.